The normalized spacial score (nSPS) is 10.8. The molecule has 1 rings (SSSR count). The second-order valence-corrected chi connectivity index (χ2v) is 2.98. The second kappa shape index (κ2) is 3.91. The number of H-pyrrole nitrogens is 1. The van der Waals surface area contributed by atoms with Crippen LogP contribution in [0.5, 0.6) is 5.88 Å². The van der Waals surface area contributed by atoms with Gasteiger partial charge in [0.05, 0.1) is 6.21 Å². The predicted octanol–water partition coefficient (Wildman–Crippen LogP) is -0.321. The summed E-state index contributed by atoms with van der Waals surface area (Å²) >= 11 is 0. The third-order valence-corrected chi connectivity index (χ3v) is 1.47. The molecule has 0 atom stereocenters. The molecule has 0 saturated heterocycles. The quantitative estimate of drug-likeness (QED) is 0.501. The molecule has 0 aliphatic heterocycles. The van der Waals surface area contributed by atoms with Crippen LogP contribution in [-0.2, 0) is 0 Å². The van der Waals surface area contributed by atoms with E-state index in [1.54, 1.807) is 21.0 Å². The summed E-state index contributed by atoms with van der Waals surface area (Å²) in [6.07, 6.45) is 1.26. The van der Waals surface area contributed by atoms with Gasteiger partial charge in [-0.1, -0.05) is 0 Å². The summed E-state index contributed by atoms with van der Waals surface area (Å²) in [5, 5.41) is 14.7. The Morgan fingerprint density at radius 1 is 1.57 bits per heavy atom. The van der Waals surface area contributed by atoms with Crippen LogP contribution in [0.1, 0.15) is 11.4 Å². The predicted molar refractivity (Wildman–Crippen MR) is 52.5 cm³/mol. The fraction of sp³-hybridized carbons (Fsp3) is 0.375. The molecule has 0 amide bonds. The molecule has 0 aromatic carbocycles. The Hall–Kier alpha value is -1.85. The highest BCUT2D eigenvalue weighted by Gasteiger charge is 2.05. The zero-order valence-electron chi connectivity index (χ0n) is 8.27. The number of nitrogens with one attached hydrogen (secondary N) is 1. The van der Waals surface area contributed by atoms with Crippen LogP contribution in [0, 0.1) is 6.92 Å². The van der Waals surface area contributed by atoms with E-state index in [-0.39, 0.29) is 11.4 Å². The average Bonchev–Trinajstić information content (AvgIpc) is 2.01. The van der Waals surface area contributed by atoms with Gasteiger partial charge in [-0.3, -0.25) is 4.79 Å². The van der Waals surface area contributed by atoms with E-state index in [4.69, 9.17) is 0 Å². The summed E-state index contributed by atoms with van der Waals surface area (Å²) in [4.78, 5) is 17.5. The zero-order valence-corrected chi connectivity index (χ0v) is 8.27. The molecule has 1 aromatic heterocycles. The van der Waals surface area contributed by atoms with Crippen molar-refractivity contribution in [3.8, 4) is 5.88 Å². The van der Waals surface area contributed by atoms with Crippen molar-refractivity contribution >= 4 is 6.21 Å². The molecule has 0 saturated carbocycles. The molecule has 0 aliphatic carbocycles. The number of aromatic hydroxyl groups is 1. The number of aromatic amines is 1. The Balaban J connectivity index is 3.16. The zero-order chi connectivity index (χ0) is 10.7. The molecule has 0 unspecified atom stereocenters. The molecule has 6 nitrogen and oxygen atoms in total. The molecule has 76 valence electrons. The van der Waals surface area contributed by atoms with Gasteiger partial charge in [0.15, 0.2) is 0 Å². The maximum atomic E-state index is 11.3. The van der Waals surface area contributed by atoms with E-state index in [0.29, 0.717) is 5.82 Å². The third kappa shape index (κ3) is 2.32. The highest BCUT2D eigenvalue weighted by atomic mass is 16.3. The number of aromatic nitrogens is 2. The highest BCUT2D eigenvalue weighted by Crippen LogP contribution is 2.04. The van der Waals surface area contributed by atoms with Crippen LogP contribution < -0.4 is 5.56 Å². The molecule has 0 radical (unpaired) electrons. The van der Waals surface area contributed by atoms with E-state index in [9.17, 15) is 9.90 Å². The van der Waals surface area contributed by atoms with Gasteiger partial charge in [-0.2, -0.15) is 5.10 Å². The van der Waals surface area contributed by atoms with E-state index >= 15 is 0 Å². The smallest absolute Gasteiger partial charge is 0.263 e. The van der Waals surface area contributed by atoms with Crippen molar-refractivity contribution < 1.29 is 5.11 Å². The number of hydrogen-bond acceptors (Lipinski definition) is 5. The number of hydrogen-bond donors (Lipinski definition) is 2. The first-order valence-corrected chi connectivity index (χ1v) is 4.02. The maximum absolute atomic E-state index is 11.3. The van der Waals surface area contributed by atoms with Crippen molar-refractivity contribution in [2.75, 3.05) is 14.1 Å². The van der Waals surface area contributed by atoms with Gasteiger partial charge in [0, 0.05) is 14.1 Å². The Kier molecular flexibility index (Phi) is 2.85. The number of aryl methyl sites for hydroxylation is 1. The lowest BCUT2D eigenvalue weighted by molar-refractivity contribution is 0.436. The molecular formula is C8H12N4O2. The fourth-order valence-electron chi connectivity index (χ4n) is 0.870. The van der Waals surface area contributed by atoms with Crippen molar-refractivity contribution in [1.29, 1.82) is 0 Å². The summed E-state index contributed by atoms with van der Waals surface area (Å²) in [7, 11) is 3.42. The van der Waals surface area contributed by atoms with Crippen LogP contribution >= 0.6 is 0 Å². The maximum Gasteiger partial charge on any atom is 0.263 e. The van der Waals surface area contributed by atoms with Crippen LogP contribution in [-0.4, -0.2) is 40.4 Å². The van der Waals surface area contributed by atoms with E-state index in [1.807, 2.05) is 0 Å². The first-order valence-electron chi connectivity index (χ1n) is 4.02. The Morgan fingerprint density at radius 3 is 2.71 bits per heavy atom. The summed E-state index contributed by atoms with van der Waals surface area (Å²) in [5.74, 6) is 0.0614. The van der Waals surface area contributed by atoms with Gasteiger partial charge in [0.25, 0.3) is 5.56 Å². The van der Waals surface area contributed by atoms with Crippen LogP contribution in [0.3, 0.4) is 0 Å². The number of rotatable bonds is 2. The molecule has 1 heterocycles. The molecule has 2 N–H and O–H groups in total. The van der Waals surface area contributed by atoms with Crippen molar-refractivity contribution in [2.45, 2.75) is 6.92 Å². The molecule has 0 aliphatic rings. The minimum absolute atomic E-state index is 0.0595. The molecule has 0 bridgehead atoms. The van der Waals surface area contributed by atoms with Crippen LogP contribution in [0.2, 0.25) is 0 Å². The largest absolute Gasteiger partial charge is 0.493 e. The third-order valence-electron chi connectivity index (χ3n) is 1.47. The lowest BCUT2D eigenvalue weighted by Gasteiger charge is -2.02. The summed E-state index contributed by atoms with van der Waals surface area (Å²) in [5.41, 5.74) is -0.343. The average molecular weight is 196 g/mol. The van der Waals surface area contributed by atoms with Gasteiger partial charge in [-0.25, -0.2) is 4.98 Å². The lowest BCUT2D eigenvalue weighted by atomic mass is 10.3. The number of hydrazone groups is 1. The summed E-state index contributed by atoms with van der Waals surface area (Å²) in [6, 6.07) is 0. The van der Waals surface area contributed by atoms with Crippen molar-refractivity contribution in [1.82, 2.24) is 15.0 Å². The van der Waals surface area contributed by atoms with E-state index in [0.717, 1.165) is 0 Å². The topological polar surface area (TPSA) is 81.6 Å². The van der Waals surface area contributed by atoms with E-state index in [1.165, 1.54) is 11.2 Å². The van der Waals surface area contributed by atoms with Gasteiger partial charge < -0.3 is 15.1 Å². The van der Waals surface area contributed by atoms with Crippen molar-refractivity contribution in [3.63, 3.8) is 0 Å². The van der Waals surface area contributed by atoms with Crippen molar-refractivity contribution in [2.24, 2.45) is 5.10 Å². The van der Waals surface area contributed by atoms with E-state index in [2.05, 4.69) is 15.1 Å². The Morgan fingerprint density at radius 2 is 2.21 bits per heavy atom. The van der Waals surface area contributed by atoms with Crippen LogP contribution in [0.15, 0.2) is 9.90 Å². The molecule has 1 aromatic rings. The van der Waals surface area contributed by atoms with Crippen molar-refractivity contribution in [3.05, 3.63) is 21.7 Å². The Bertz CT molecular complexity index is 408. The standard InChI is InChI=1S/C8H12N4O2/c1-5-10-7(13)6(8(14)11-5)4-9-12(2)3/h4H,1-3H3,(H2,10,11,13,14). The second-order valence-electron chi connectivity index (χ2n) is 2.98. The molecule has 6 heteroatoms. The number of nitrogens with zero attached hydrogens (tertiary/aromatic N) is 3. The first-order chi connectivity index (χ1) is 6.50. The Labute approximate surface area is 80.9 Å². The van der Waals surface area contributed by atoms with Gasteiger partial charge in [-0.05, 0) is 6.92 Å². The lowest BCUT2D eigenvalue weighted by Crippen LogP contribution is -2.16. The van der Waals surface area contributed by atoms with Gasteiger partial charge in [0.2, 0.25) is 5.88 Å². The fourth-order valence-corrected chi connectivity index (χ4v) is 0.870. The van der Waals surface area contributed by atoms with Gasteiger partial charge in [-0.15, -0.1) is 0 Å². The van der Waals surface area contributed by atoms with E-state index < -0.39 is 5.56 Å². The summed E-state index contributed by atoms with van der Waals surface area (Å²) in [6.45, 7) is 1.59. The minimum Gasteiger partial charge on any atom is -0.493 e. The van der Waals surface area contributed by atoms with Gasteiger partial charge >= 0.3 is 0 Å². The SMILES string of the molecule is Cc1nc(O)c(C=NN(C)C)c(=O)[nH]1. The van der Waals surface area contributed by atoms with Gasteiger partial charge in [0.1, 0.15) is 11.4 Å². The molecule has 14 heavy (non-hydrogen) atoms. The molecular weight excluding hydrogens is 184 g/mol. The monoisotopic (exact) mass is 196 g/mol. The molecule has 0 fully saturated rings. The highest BCUT2D eigenvalue weighted by molar-refractivity contribution is 5.81. The van der Waals surface area contributed by atoms with Crippen LogP contribution in [0.4, 0.5) is 0 Å². The molecule has 0 spiro atoms. The van der Waals surface area contributed by atoms with Crippen LogP contribution in [0.25, 0.3) is 0 Å². The first kappa shape index (κ1) is 10.2. The summed E-state index contributed by atoms with van der Waals surface area (Å²) < 4.78 is 0. The minimum atomic E-state index is -0.402.